The number of aldehydes is 1. The molecule has 1 unspecified atom stereocenters. The number of aromatic nitrogens is 1. The number of anilines is 1. The number of thiazole rings is 1. The van der Waals surface area contributed by atoms with Crippen LogP contribution in [-0.2, 0) is 0 Å². The molecule has 1 atom stereocenters. The third-order valence-electron chi connectivity index (χ3n) is 3.00. The molecule has 1 saturated heterocycles. The van der Waals surface area contributed by atoms with Crippen LogP contribution in [0, 0.1) is 0 Å². The Hall–Kier alpha value is -0.610. The van der Waals surface area contributed by atoms with Crippen LogP contribution in [0.25, 0.3) is 0 Å². The Morgan fingerprint density at radius 1 is 1.50 bits per heavy atom. The van der Waals surface area contributed by atoms with Crippen LogP contribution in [0.5, 0.6) is 0 Å². The van der Waals surface area contributed by atoms with Crippen molar-refractivity contribution in [3.05, 3.63) is 10.0 Å². The summed E-state index contributed by atoms with van der Waals surface area (Å²) in [6.45, 7) is 3.23. The minimum Gasteiger partial charge on any atom is -0.345 e. The summed E-state index contributed by atoms with van der Waals surface area (Å²) in [6.07, 6.45) is 5.72. The van der Waals surface area contributed by atoms with Crippen LogP contribution in [0.4, 0.5) is 5.13 Å². The molecule has 0 saturated carbocycles. The van der Waals surface area contributed by atoms with E-state index in [0.717, 1.165) is 18.0 Å². The van der Waals surface area contributed by atoms with E-state index >= 15 is 0 Å². The van der Waals surface area contributed by atoms with Crippen molar-refractivity contribution in [2.24, 2.45) is 0 Å². The van der Waals surface area contributed by atoms with Crippen molar-refractivity contribution >= 4 is 34.4 Å². The Balaban J connectivity index is 2.23. The van der Waals surface area contributed by atoms with Crippen molar-refractivity contribution in [1.29, 1.82) is 0 Å². The molecule has 2 rings (SSSR count). The highest BCUT2D eigenvalue weighted by Crippen LogP contribution is 2.31. The molecule has 0 amide bonds. The summed E-state index contributed by atoms with van der Waals surface area (Å²) in [4.78, 5) is 17.8. The maximum Gasteiger partial charge on any atom is 0.187 e. The predicted octanol–water partition coefficient (Wildman–Crippen LogP) is 3.38. The predicted molar refractivity (Wildman–Crippen MR) is 67.8 cm³/mol. The lowest BCUT2D eigenvalue weighted by Gasteiger charge is -2.26. The Labute approximate surface area is 104 Å². The first-order valence-corrected chi connectivity index (χ1v) is 6.80. The molecule has 3 nitrogen and oxygen atoms in total. The van der Waals surface area contributed by atoms with Crippen LogP contribution in [0.3, 0.4) is 0 Å². The fourth-order valence-corrected chi connectivity index (χ4v) is 3.25. The lowest BCUT2D eigenvalue weighted by atomic mass is 10.1. The van der Waals surface area contributed by atoms with E-state index < -0.39 is 0 Å². The molecule has 5 heteroatoms. The van der Waals surface area contributed by atoms with Gasteiger partial charge in [-0.05, 0) is 19.8 Å². The van der Waals surface area contributed by atoms with Crippen LogP contribution >= 0.6 is 22.9 Å². The first-order valence-electron chi connectivity index (χ1n) is 5.60. The highest BCUT2D eigenvalue weighted by atomic mass is 35.5. The molecule has 1 aromatic rings. The maximum absolute atomic E-state index is 10.7. The number of carbonyl (C=O) groups excluding carboxylic acids is 1. The molecule has 0 aromatic carbocycles. The molecule has 0 bridgehead atoms. The number of carbonyl (C=O) groups is 1. The Bertz CT molecular complexity index is 380. The molecule has 0 N–H and O–H groups in total. The van der Waals surface area contributed by atoms with E-state index in [1.54, 1.807) is 0 Å². The third-order valence-corrected chi connectivity index (χ3v) is 4.42. The number of rotatable bonds is 2. The van der Waals surface area contributed by atoms with Crippen LogP contribution < -0.4 is 4.90 Å². The van der Waals surface area contributed by atoms with Crippen molar-refractivity contribution in [1.82, 2.24) is 4.98 Å². The van der Waals surface area contributed by atoms with E-state index in [1.165, 1.54) is 37.0 Å². The molecular weight excluding hydrogens is 244 g/mol. The second-order valence-corrected chi connectivity index (χ2v) is 5.53. The van der Waals surface area contributed by atoms with Gasteiger partial charge in [0.25, 0.3) is 0 Å². The molecule has 88 valence electrons. The zero-order chi connectivity index (χ0) is 11.5. The van der Waals surface area contributed by atoms with Gasteiger partial charge in [0.15, 0.2) is 16.6 Å². The largest absolute Gasteiger partial charge is 0.345 e. The lowest BCUT2D eigenvalue weighted by molar-refractivity contribution is 0.112. The van der Waals surface area contributed by atoms with E-state index in [-0.39, 0.29) is 0 Å². The van der Waals surface area contributed by atoms with Crippen LogP contribution in [0.1, 0.15) is 42.3 Å². The van der Waals surface area contributed by atoms with Crippen molar-refractivity contribution in [2.45, 2.75) is 38.6 Å². The normalized spacial score (nSPS) is 21.9. The summed E-state index contributed by atoms with van der Waals surface area (Å²) in [5.41, 5.74) is 0. The lowest BCUT2D eigenvalue weighted by Crippen LogP contribution is -2.32. The molecular formula is C11H15ClN2OS. The average molecular weight is 259 g/mol. The molecule has 0 aliphatic carbocycles. The monoisotopic (exact) mass is 258 g/mol. The summed E-state index contributed by atoms with van der Waals surface area (Å²) < 4.78 is 0. The summed E-state index contributed by atoms with van der Waals surface area (Å²) in [5, 5.41) is 1.23. The number of hydrogen-bond donors (Lipinski definition) is 0. The molecule has 1 aliphatic rings. The van der Waals surface area contributed by atoms with Crippen LogP contribution in [0.2, 0.25) is 5.15 Å². The van der Waals surface area contributed by atoms with E-state index in [9.17, 15) is 4.79 Å². The standard InChI is InChI=1S/C11H15ClN2OS/c1-8-5-3-2-4-6-14(8)11-13-10(12)9(7-15)16-11/h7-8H,2-6H2,1H3. The summed E-state index contributed by atoms with van der Waals surface area (Å²) in [5.74, 6) is 0. The second-order valence-electron chi connectivity index (χ2n) is 4.16. The number of nitrogens with zero attached hydrogens (tertiary/aromatic N) is 2. The topological polar surface area (TPSA) is 33.2 Å². The first-order chi connectivity index (χ1) is 7.72. The quantitative estimate of drug-likeness (QED) is 0.763. The van der Waals surface area contributed by atoms with Crippen molar-refractivity contribution in [2.75, 3.05) is 11.4 Å². The van der Waals surface area contributed by atoms with Gasteiger partial charge in [-0.25, -0.2) is 4.98 Å². The fraction of sp³-hybridized carbons (Fsp3) is 0.636. The van der Waals surface area contributed by atoms with Crippen LogP contribution in [-0.4, -0.2) is 23.9 Å². The van der Waals surface area contributed by atoms with Crippen molar-refractivity contribution in [3.8, 4) is 0 Å². The Kier molecular flexibility index (Phi) is 3.82. The summed E-state index contributed by atoms with van der Waals surface area (Å²) in [6, 6.07) is 0.490. The molecule has 1 fully saturated rings. The van der Waals surface area contributed by atoms with Gasteiger partial charge >= 0.3 is 0 Å². The number of hydrogen-bond acceptors (Lipinski definition) is 4. The smallest absolute Gasteiger partial charge is 0.187 e. The minimum atomic E-state index is 0.339. The van der Waals surface area contributed by atoms with Gasteiger partial charge in [0.05, 0.1) is 0 Å². The van der Waals surface area contributed by atoms with Gasteiger partial charge in [0.1, 0.15) is 4.88 Å². The fourth-order valence-electron chi connectivity index (χ4n) is 2.06. The summed E-state index contributed by atoms with van der Waals surface area (Å²) >= 11 is 7.29. The zero-order valence-corrected chi connectivity index (χ0v) is 10.9. The Morgan fingerprint density at radius 2 is 2.31 bits per heavy atom. The van der Waals surface area contributed by atoms with Crippen molar-refractivity contribution in [3.63, 3.8) is 0 Å². The van der Waals surface area contributed by atoms with Gasteiger partial charge in [0, 0.05) is 12.6 Å². The van der Waals surface area contributed by atoms with Gasteiger partial charge in [-0.3, -0.25) is 4.79 Å². The van der Waals surface area contributed by atoms with E-state index in [0.29, 0.717) is 16.1 Å². The molecule has 1 aromatic heterocycles. The first kappa shape index (κ1) is 11.9. The molecule has 0 radical (unpaired) electrons. The van der Waals surface area contributed by atoms with Crippen molar-refractivity contribution < 1.29 is 4.79 Å². The average Bonchev–Trinajstić information content (AvgIpc) is 2.50. The van der Waals surface area contributed by atoms with E-state index in [1.807, 2.05) is 0 Å². The zero-order valence-electron chi connectivity index (χ0n) is 9.28. The summed E-state index contributed by atoms with van der Waals surface area (Å²) in [7, 11) is 0. The molecule has 0 spiro atoms. The van der Waals surface area contributed by atoms with Crippen LogP contribution in [0.15, 0.2) is 0 Å². The maximum atomic E-state index is 10.7. The highest BCUT2D eigenvalue weighted by Gasteiger charge is 2.21. The van der Waals surface area contributed by atoms with Gasteiger partial charge in [-0.15, -0.1) is 0 Å². The molecule has 1 aliphatic heterocycles. The minimum absolute atomic E-state index is 0.339. The van der Waals surface area contributed by atoms with Gasteiger partial charge in [0.2, 0.25) is 0 Å². The highest BCUT2D eigenvalue weighted by molar-refractivity contribution is 7.17. The third kappa shape index (κ3) is 2.38. The van der Waals surface area contributed by atoms with E-state index in [2.05, 4.69) is 16.8 Å². The van der Waals surface area contributed by atoms with E-state index in [4.69, 9.17) is 11.6 Å². The second kappa shape index (κ2) is 5.15. The SMILES string of the molecule is CC1CCCCCN1c1nc(Cl)c(C=O)s1. The van der Waals surface area contributed by atoms with Gasteiger partial charge in [-0.2, -0.15) is 0 Å². The number of halogens is 1. The van der Waals surface area contributed by atoms with Gasteiger partial charge < -0.3 is 4.90 Å². The van der Waals surface area contributed by atoms with Gasteiger partial charge in [-0.1, -0.05) is 35.8 Å². The Morgan fingerprint density at radius 3 is 3.00 bits per heavy atom. The molecule has 2 heterocycles. The molecule has 16 heavy (non-hydrogen) atoms.